The second-order valence-corrected chi connectivity index (χ2v) is 19.9. The number of para-hydroxylation sites is 1. The first-order chi connectivity index (χ1) is 36.7. The third-order valence-electron chi connectivity index (χ3n) is 12.0. The molecule has 0 spiro atoms. The van der Waals surface area contributed by atoms with Gasteiger partial charge in [0.2, 0.25) is 0 Å². The molecule has 0 fully saturated rings. The quantitative estimate of drug-likeness (QED) is 0.162. The number of phenols is 1. The number of rotatable bonds is 7. The summed E-state index contributed by atoms with van der Waals surface area (Å²) in [6, 6.07) is 35.0. The summed E-state index contributed by atoms with van der Waals surface area (Å²) < 4.78 is 115. The zero-order valence-corrected chi connectivity index (χ0v) is 41.3. The summed E-state index contributed by atoms with van der Waals surface area (Å²) >= 11 is 0. The van der Waals surface area contributed by atoms with E-state index in [-0.39, 0.29) is 49.1 Å². The van der Waals surface area contributed by atoms with E-state index in [1.807, 2.05) is 149 Å². The number of benzene rings is 7. The monoisotopic (exact) mass is 1070 g/mol. The van der Waals surface area contributed by atoms with Crippen LogP contribution >= 0.6 is 0 Å². The first-order valence-corrected chi connectivity index (χ1v) is 22.1. The Balaban J connectivity index is 0.00000841. The SMILES string of the molecule is [2H]c1nc(-c2[c-]c(-c3cccc4c3nc(-c3cc(C(C)(C)C)cc(C(C)(C)C)c3O)n4-c3cc(-c4ccccc4)c(C([2H])([2H])[2H])cc3-c3ccccc3)cc(C(C)(C)C)c2)c([2H])c(-c2c([2H])c([2H])c(C([2H])([2H])[2H])c([2H])c2[2H])c1[2H].[Pt]. The molecule has 0 atom stereocenters. The molecule has 67 heavy (non-hydrogen) atoms. The van der Waals surface area contributed by atoms with Gasteiger partial charge in [0.15, 0.2) is 0 Å². The summed E-state index contributed by atoms with van der Waals surface area (Å²) in [5, 5.41) is 12.7. The van der Waals surface area contributed by atoms with Crippen LogP contribution in [-0.2, 0) is 37.3 Å². The van der Waals surface area contributed by atoms with E-state index in [1.54, 1.807) is 12.1 Å². The van der Waals surface area contributed by atoms with Crippen LogP contribution in [0.15, 0.2) is 158 Å². The van der Waals surface area contributed by atoms with Crippen LogP contribution in [0.4, 0.5) is 0 Å². The zero-order valence-electron chi connectivity index (χ0n) is 52.1. The molecular formula is C62H60N3OPt-. The van der Waals surface area contributed by atoms with Crippen LogP contribution in [0.25, 0.3) is 83.9 Å². The van der Waals surface area contributed by atoms with Gasteiger partial charge >= 0.3 is 0 Å². The summed E-state index contributed by atoms with van der Waals surface area (Å²) in [5.74, 6) is 0.380. The summed E-state index contributed by atoms with van der Waals surface area (Å²) in [5.41, 5.74) is 4.95. The fourth-order valence-corrected chi connectivity index (χ4v) is 8.31. The van der Waals surface area contributed by atoms with Gasteiger partial charge in [-0.25, -0.2) is 4.98 Å². The van der Waals surface area contributed by atoms with Crippen molar-refractivity contribution in [2.45, 2.75) is 92.3 Å². The Labute approximate surface area is 430 Å². The number of fused-ring (bicyclic) bond motifs is 1. The third kappa shape index (κ3) is 9.34. The van der Waals surface area contributed by atoms with Crippen molar-refractivity contribution < 1.29 is 44.0 Å². The molecule has 0 amide bonds. The first kappa shape index (κ1) is 33.2. The molecule has 0 unspecified atom stereocenters. The van der Waals surface area contributed by atoms with Crippen molar-refractivity contribution in [3.05, 3.63) is 192 Å². The number of hydrogen-bond donors (Lipinski definition) is 1. The third-order valence-corrected chi connectivity index (χ3v) is 12.0. The summed E-state index contributed by atoms with van der Waals surface area (Å²) in [6.45, 7) is 12.9. The molecule has 2 aromatic heterocycles. The normalized spacial score (nSPS) is 15.2. The van der Waals surface area contributed by atoms with E-state index in [1.165, 1.54) is 0 Å². The van der Waals surface area contributed by atoms with Crippen molar-refractivity contribution >= 4 is 11.0 Å². The predicted octanol–water partition coefficient (Wildman–Crippen LogP) is 16.4. The van der Waals surface area contributed by atoms with Gasteiger partial charge in [0.1, 0.15) is 11.6 Å². The molecule has 0 aliphatic rings. The number of aryl methyl sites for hydroxylation is 1. The molecule has 1 N–H and O–H groups in total. The Morgan fingerprint density at radius 3 is 1.85 bits per heavy atom. The van der Waals surface area contributed by atoms with E-state index in [9.17, 15) is 6.48 Å². The Kier molecular flexibility index (Phi) is 8.93. The second-order valence-electron chi connectivity index (χ2n) is 19.9. The maximum absolute atomic E-state index is 12.7. The average molecular weight is 1070 g/mol. The molecule has 9 aromatic rings. The number of phenolic OH excluding ortho intramolecular Hbond substituents is 1. The van der Waals surface area contributed by atoms with Gasteiger partial charge in [-0.05, 0) is 99.2 Å². The molecule has 0 bridgehead atoms. The molecule has 9 rings (SSSR count). The second kappa shape index (κ2) is 18.0. The van der Waals surface area contributed by atoms with Crippen LogP contribution in [0.2, 0.25) is 0 Å². The summed E-state index contributed by atoms with van der Waals surface area (Å²) in [7, 11) is 0. The fourth-order valence-electron chi connectivity index (χ4n) is 8.31. The number of hydrogen-bond acceptors (Lipinski definition) is 3. The predicted molar refractivity (Wildman–Crippen MR) is 278 cm³/mol. The van der Waals surface area contributed by atoms with Gasteiger partial charge in [0, 0.05) is 52.3 Å². The van der Waals surface area contributed by atoms with Gasteiger partial charge in [0.25, 0.3) is 0 Å². The topological polar surface area (TPSA) is 50.9 Å². The molecule has 0 aliphatic carbocycles. The molecule has 0 saturated carbocycles. The molecule has 2 heterocycles. The van der Waals surface area contributed by atoms with E-state index in [4.69, 9.17) is 21.4 Å². The van der Waals surface area contributed by atoms with Crippen LogP contribution in [0, 0.1) is 19.8 Å². The van der Waals surface area contributed by atoms with Crippen LogP contribution in [0.5, 0.6) is 5.75 Å². The van der Waals surface area contributed by atoms with Gasteiger partial charge in [-0.2, -0.15) is 0 Å². The molecule has 0 radical (unpaired) electrons. The maximum atomic E-state index is 12.7. The van der Waals surface area contributed by atoms with E-state index >= 15 is 0 Å². The summed E-state index contributed by atoms with van der Waals surface area (Å²) in [4.78, 5) is 9.99. The van der Waals surface area contributed by atoms with Gasteiger partial charge in [-0.3, -0.25) is 9.55 Å². The van der Waals surface area contributed by atoms with Crippen molar-refractivity contribution in [2.75, 3.05) is 0 Å². The number of aromatic hydroxyl groups is 1. The van der Waals surface area contributed by atoms with Crippen molar-refractivity contribution in [2.24, 2.45) is 0 Å². The van der Waals surface area contributed by atoms with Gasteiger partial charge in [-0.15, -0.1) is 29.3 Å². The Morgan fingerprint density at radius 1 is 0.582 bits per heavy atom. The van der Waals surface area contributed by atoms with Crippen LogP contribution in [-0.4, -0.2) is 19.6 Å². The number of imidazole rings is 1. The van der Waals surface area contributed by atoms with Gasteiger partial charge < -0.3 is 5.11 Å². The number of nitrogens with zero attached hydrogens (tertiary/aromatic N) is 3. The largest absolute Gasteiger partial charge is 0.507 e. The zero-order chi connectivity index (χ0) is 57.8. The van der Waals surface area contributed by atoms with Gasteiger partial charge in [-0.1, -0.05) is 188 Å². The Bertz CT molecular complexity index is 3880. The minimum Gasteiger partial charge on any atom is -0.507 e. The maximum Gasteiger partial charge on any atom is 0.148 e. The van der Waals surface area contributed by atoms with Crippen LogP contribution in [0.1, 0.15) is 108 Å². The van der Waals surface area contributed by atoms with Gasteiger partial charge in [0.05, 0.1) is 31.9 Å². The smallest absolute Gasteiger partial charge is 0.148 e. The standard InChI is InChI=1S/C62H60N3O.Pt/c1-39-25-27-41(28-26-39)44-29-30-63-54(35-44)46-32-45(33-47(34-46)60(3,4)5)49-23-18-24-55-57(49)64-59(52-36-48(61(6,7)8)37-53(58(52)66)62(9,10)11)65(55)56-38-50(42-19-14-12-15-20-42)40(2)31-51(56)43-21-16-13-17-22-43;/h12-31,33-38,66H,1-11H3;/q-1;/i1D3,2D3,25D,26D,27D,28D,29D,30D,35D;. The molecule has 0 aliphatic heterocycles. The molecule has 5 heteroatoms. The van der Waals surface area contributed by atoms with Crippen LogP contribution < -0.4 is 0 Å². The van der Waals surface area contributed by atoms with Crippen LogP contribution in [0.3, 0.4) is 0 Å². The fraction of sp³-hybridized carbons (Fsp3) is 0.226. The number of aromatic nitrogens is 3. The average Bonchev–Trinajstić information content (AvgIpc) is 3.76. The Morgan fingerprint density at radius 2 is 1.22 bits per heavy atom. The van der Waals surface area contributed by atoms with E-state index < -0.39 is 83.7 Å². The minimum atomic E-state index is -3.00. The molecule has 4 nitrogen and oxygen atoms in total. The molecule has 7 aromatic carbocycles. The van der Waals surface area contributed by atoms with E-state index in [0.717, 1.165) is 16.7 Å². The van der Waals surface area contributed by atoms with E-state index in [2.05, 4.69) is 31.8 Å². The van der Waals surface area contributed by atoms with Crippen molar-refractivity contribution in [3.8, 4) is 78.6 Å². The van der Waals surface area contributed by atoms with E-state index in [0.29, 0.717) is 61.5 Å². The minimum absolute atomic E-state index is 0. The first-order valence-electron chi connectivity index (χ1n) is 28.6. The van der Waals surface area contributed by atoms with Crippen molar-refractivity contribution in [3.63, 3.8) is 0 Å². The molecule has 0 saturated heterocycles. The van der Waals surface area contributed by atoms with Crippen molar-refractivity contribution in [1.29, 1.82) is 0 Å². The summed E-state index contributed by atoms with van der Waals surface area (Å²) in [6.07, 6.45) is -0.625. The number of pyridine rings is 1. The van der Waals surface area contributed by atoms with Crippen molar-refractivity contribution in [1.82, 2.24) is 14.5 Å². The Hall–Kier alpha value is -6.35. The molecular weight excluding hydrogens is 998 g/mol. The molecule has 340 valence electrons.